The highest BCUT2D eigenvalue weighted by atomic mass is 79.9. The smallest absolute Gasteiger partial charge is 0.300 e. The number of hydrogen-bond acceptors (Lipinski definition) is 5. The number of aliphatic hydroxyl groups excluding tert-OH is 1. The molecule has 0 radical (unpaired) electrons. The summed E-state index contributed by atoms with van der Waals surface area (Å²) in [4.78, 5) is 27.2. The van der Waals surface area contributed by atoms with Gasteiger partial charge in [0.1, 0.15) is 5.76 Å². The molecule has 1 saturated heterocycles. The summed E-state index contributed by atoms with van der Waals surface area (Å²) in [6, 6.07) is 20.0. The van der Waals surface area contributed by atoms with Gasteiger partial charge < -0.3 is 5.11 Å². The highest BCUT2D eigenvalue weighted by Crippen LogP contribution is 2.42. The Bertz CT molecular complexity index is 1340. The molecule has 1 unspecified atom stereocenters. The lowest BCUT2D eigenvalue weighted by atomic mass is 9.95. The Morgan fingerprint density at radius 2 is 1.50 bits per heavy atom. The molecule has 0 bridgehead atoms. The molecule has 1 fully saturated rings. The van der Waals surface area contributed by atoms with Crippen molar-refractivity contribution < 1.29 is 23.1 Å². The fourth-order valence-corrected chi connectivity index (χ4v) is 4.39. The molecule has 162 valence electrons. The van der Waals surface area contributed by atoms with Crippen molar-refractivity contribution in [2.45, 2.75) is 10.9 Å². The first-order valence-corrected chi connectivity index (χ1v) is 11.8. The molecule has 0 aromatic heterocycles. The van der Waals surface area contributed by atoms with Crippen LogP contribution in [0.25, 0.3) is 5.76 Å². The Hall–Kier alpha value is -3.27. The van der Waals surface area contributed by atoms with Gasteiger partial charge in [-0.15, -0.1) is 0 Å². The molecule has 1 atom stereocenters. The van der Waals surface area contributed by atoms with E-state index in [2.05, 4.69) is 15.9 Å². The monoisotopic (exact) mass is 512 g/mol. The molecule has 1 aliphatic heterocycles. The Labute approximate surface area is 193 Å². The topological polar surface area (TPSA) is 118 Å². The van der Waals surface area contributed by atoms with Crippen molar-refractivity contribution >= 4 is 49.1 Å². The van der Waals surface area contributed by atoms with Gasteiger partial charge in [-0.25, -0.2) is 13.6 Å². The molecular weight excluding hydrogens is 496 g/mol. The third-order valence-corrected chi connectivity index (χ3v) is 6.58. The fraction of sp³-hybridized carbons (Fsp3) is 0.0435. The summed E-state index contributed by atoms with van der Waals surface area (Å²) in [5, 5.41) is 16.2. The molecule has 3 aromatic rings. The van der Waals surface area contributed by atoms with Crippen LogP contribution in [-0.4, -0.2) is 25.2 Å². The number of aliphatic hydroxyl groups is 1. The fourth-order valence-electron chi connectivity index (χ4n) is 3.61. The first-order chi connectivity index (χ1) is 15.2. The SMILES string of the molecule is NS(=O)(=O)c1ccc(N2C(=O)C(=O)/C(=C(/O)c3ccc(Br)cc3)C2c2ccccc2)cc1. The van der Waals surface area contributed by atoms with Crippen molar-refractivity contribution in [2.75, 3.05) is 4.90 Å². The van der Waals surface area contributed by atoms with Gasteiger partial charge >= 0.3 is 0 Å². The number of nitrogens with zero attached hydrogens (tertiary/aromatic N) is 1. The van der Waals surface area contributed by atoms with Gasteiger partial charge in [0.05, 0.1) is 16.5 Å². The largest absolute Gasteiger partial charge is 0.507 e. The predicted molar refractivity (Wildman–Crippen MR) is 123 cm³/mol. The lowest BCUT2D eigenvalue weighted by molar-refractivity contribution is -0.132. The maximum absolute atomic E-state index is 13.1. The standard InChI is InChI=1S/C23H17BrN2O5S/c24-16-8-6-15(7-9-16)21(27)19-20(14-4-2-1-3-5-14)26(23(29)22(19)28)17-10-12-18(13-11-17)32(25,30)31/h1-13,20,27H,(H2,25,30,31)/b21-19+. The maximum Gasteiger partial charge on any atom is 0.300 e. The van der Waals surface area contributed by atoms with Crippen LogP contribution in [0.2, 0.25) is 0 Å². The number of nitrogens with two attached hydrogens (primary N) is 1. The Kier molecular flexibility index (Phi) is 5.72. The van der Waals surface area contributed by atoms with E-state index in [-0.39, 0.29) is 16.2 Å². The second kappa shape index (κ2) is 8.34. The van der Waals surface area contributed by atoms with E-state index in [0.717, 1.165) is 4.47 Å². The van der Waals surface area contributed by atoms with Gasteiger partial charge in [-0.1, -0.05) is 58.4 Å². The van der Waals surface area contributed by atoms with Crippen LogP contribution in [0.1, 0.15) is 17.2 Å². The van der Waals surface area contributed by atoms with Crippen LogP contribution >= 0.6 is 15.9 Å². The van der Waals surface area contributed by atoms with Crippen molar-refractivity contribution in [1.82, 2.24) is 0 Å². The van der Waals surface area contributed by atoms with Crippen LogP contribution in [0.5, 0.6) is 0 Å². The van der Waals surface area contributed by atoms with Gasteiger partial charge in [-0.05, 0) is 42.0 Å². The molecule has 7 nitrogen and oxygen atoms in total. The number of anilines is 1. The van der Waals surface area contributed by atoms with Crippen LogP contribution in [0.3, 0.4) is 0 Å². The van der Waals surface area contributed by atoms with Gasteiger partial charge in [0.25, 0.3) is 11.7 Å². The quantitative estimate of drug-likeness (QED) is 0.313. The number of halogens is 1. The second-order valence-corrected chi connectivity index (χ2v) is 9.60. The maximum atomic E-state index is 13.1. The van der Waals surface area contributed by atoms with E-state index in [4.69, 9.17) is 5.14 Å². The molecule has 0 saturated carbocycles. The van der Waals surface area contributed by atoms with Gasteiger partial charge in [0.15, 0.2) is 0 Å². The molecule has 1 amide bonds. The zero-order chi connectivity index (χ0) is 23.0. The van der Waals surface area contributed by atoms with Crippen molar-refractivity contribution in [3.05, 3.63) is 100 Å². The number of sulfonamides is 1. The molecule has 3 aromatic carbocycles. The minimum Gasteiger partial charge on any atom is -0.507 e. The van der Waals surface area contributed by atoms with Gasteiger partial charge in [-0.2, -0.15) is 0 Å². The normalized spacial score (nSPS) is 18.2. The molecule has 9 heteroatoms. The van der Waals surface area contributed by atoms with Crippen LogP contribution in [0.15, 0.2) is 93.8 Å². The Morgan fingerprint density at radius 1 is 0.906 bits per heavy atom. The summed E-state index contributed by atoms with van der Waals surface area (Å²) in [6.07, 6.45) is 0. The molecule has 0 spiro atoms. The number of amides is 1. The van der Waals surface area contributed by atoms with Crippen molar-refractivity contribution in [1.29, 1.82) is 0 Å². The molecule has 4 rings (SSSR count). The first kappa shape index (κ1) is 21.9. The third kappa shape index (κ3) is 3.97. The number of ketones is 1. The summed E-state index contributed by atoms with van der Waals surface area (Å²) >= 11 is 3.33. The number of carbonyl (C=O) groups excluding carboxylic acids is 2. The van der Waals surface area contributed by atoms with E-state index >= 15 is 0 Å². The average Bonchev–Trinajstić information content (AvgIpc) is 3.04. The zero-order valence-electron chi connectivity index (χ0n) is 16.5. The summed E-state index contributed by atoms with van der Waals surface area (Å²) in [5.74, 6) is -1.97. The van der Waals surface area contributed by atoms with Crippen LogP contribution in [0, 0.1) is 0 Å². The number of carbonyl (C=O) groups is 2. The molecular formula is C23H17BrN2O5S. The molecule has 3 N–H and O–H groups in total. The van der Waals surface area contributed by atoms with Crippen LogP contribution in [0.4, 0.5) is 5.69 Å². The number of benzene rings is 3. The van der Waals surface area contributed by atoms with Crippen molar-refractivity contribution in [3.8, 4) is 0 Å². The highest BCUT2D eigenvalue weighted by molar-refractivity contribution is 9.10. The van der Waals surface area contributed by atoms with Gasteiger partial charge in [-0.3, -0.25) is 14.5 Å². The van der Waals surface area contributed by atoms with Crippen molar-refractivity contribution in [3.63, 3.8) is 0 Å². The van der Waals surface area contributed by atoms with E-state index in [1.807, 2.05) is 0 Å². The minimum absolute atomic E-state index is 0.0564. The van der Waals surface area contributed by atoms with E-state index in [1.54, 1.807) is 54.6 Å². The Balaban J connectivity index is 1.90. The van der Waals surface area contributed by atoms with E-state index in [9.17, 15) is 23.1 Å². The first-order valence-electron chi connectivity index (χ1n) is 9.43. The van der Waals surface area contributed by atoms with Crippen molar-refractivity contribution in [2.24, 2.45) is 5.14 Å². The van der Waals surface area contributed by atoms with Gasteiger partial charge in [0.2, 0.25) is 10.0 Å². The summed E-state index contributed by atoms with van der Waals surface area (Å²) in [7, 11) is -3.92. The molecule has 0 aliphatic carbocycles. The highest BCUT2D eigenvalue weighted by Gasteiger charge is 2.46. The number of Topliss-reactive ketones (excluding diaryl/α,β-unsaturated/α-hetero) is 1. The number of primary sulfonamides is 1. The minimum atomic E-state index is -3.92. The van der Waals surface area contributed by atoms with E-state index in [0.29, 0.717) is 16.8 Å². The zero-order valence-corrected chi connectivity index (χ0v) is 18.9. The van der Waals surface area contributed by atoms with Crippen LogP contribution < -0.4 is 10.0 Å². The number of rotatable bonds is 4. The Morgan fingerprint density at radius 3 is 2.06 bits per heavy atom. The molecule has 32 heavy (non-hydrogen) atoms. The van der Waals surface area contributed by atoms with E-state index in [1.165, 1.54) is 29.2 Å². The number of hydrogen-bond donors (Lipinski definition) is 2. The third-order valence-electron chi connectivity index (χ3n) is 5.12. The van der Waals surface area contributed by atoms with E-state index < -0.39 is 27.8 Å². The molecule has 1 heterocycles. The lowest BCUT2D eigenvalue weighted by Gasteiger charge is -2.25. The summed E-state index contributed by atoms with van der Waals surface area (Å²) < 4.78 is 24.0. The molecule has 1 aliphatic rings. The summed E-state index contributed by atoms with van der Waals surface area (Å²) in [5.41, 5.74) is 1.24. The van der Waals surface area contributed by atoms with Gasteiger partial charge in [0, 0.05) is 15.7 Å². The summed E-state index contributed by atoms with van der Waals surface area (Å²) in [6.45, 7) is 0. The average molecular weight is 513 g/mol. The van der Waals surface area contributed by atoms with Crippen LogP contribution in [-0.2, 0) is 19.6 Å². The lowest BCUT2D eigenvalue weighted by Crippen LogP contribution is -2.29. The second-order valence-electron chi connectivity index (χ2n) is 7.13. The predicted octanol–water partition coefficient (Wildman–Crippen LogP) is 3.72.